The predicted octanol–water partition coefficient (Wildman–Crippen LogP) is 4.86. The highest BCUT2D eigenvalue weighted by molar-refractivity contribution is 7.99. The summed E-state index contributed by atoms with van der Waals surface area (Å²) < 4.78 is 1.98. The molecular weight excluding hydrogens is 418 g/mol. The van der Waals surface area contributed by atoms with Crippen molar-refractivity contribution in [1.82, 2.24) is 25.1 Å². The minimum absolute atomic E-state index is 0.00212. The molecule has 2 heterocycles. The van der Waals surface area contributed by atoms with E-state index in [1.807, 2.05) is 67.1 Å². The number of hydrogen-bond donors (Lipinski definition) is 2. The van der Waals surface area contributed by atoms with Crippen LogP contribution in [0.25, 0.3) is 22.5 Å². The number of aromatic nitrogens is 4. The first-order chi connectivity index (χ1) is 15.6. The van der Waals surface area contributed by atoms with Gasteiger partial charge in [0.25, 0.3) is 0 Å². The van der Waals surface area contributed by atoms with Gasteiger partial charge in [-0.05, 0) is 26.3 Å². The lowest BCUT2D eigenvalue weighted by Crippen LogP contribution is -2.27. The van der Waals surface area contributed by atoms with Gasteiger partial charge in [0.15, 0.2) is 5.16 Å². The maximum Gasteiger partial charge on any atom is 0.230 e. The van der Waals surface area contributed by atoms with E-state index in [1.54, 1.807) is 0 Å². The zero-order valence-electron chi connectivity index (χ0n) is 18.3. The summed E-state index contributed by atoms with van der Waals surface area (Å²) in [6.07, 6.45) is 0.843. The van der Waals surface area contributed by atoms with Crippen LogP contribution < -0.4 is 5.32 Å². The fraction of sp³-hybridized carbons (Fsp3) is 0.240. The summed E-state index contributed by atoms with van der Waals surface area (Å²) in [6.45, 7) is 5.46. The average Bonchev–Trinajstić information content (AvgIpc) is 3.39. The molecule has 0 spiro atoms. The molecule has 164 valence electrons. The van der Waals surface area contributed by atoms with E-state index in [2.05, 4.69) is 33.6 Å². The lowest BCUT2D eigenvalue weighted by Gasteiger charge is -2.06. The highest BCUT2D eigenvalue weighted by Gasteiger charge is 2.15. The third kappa shape index (κ3) is 5.48. The molecule has 1 amide bonds. The molecule has 0 aliphatic rings. The predicted molar refractivity (Wildman–Crippen MR) is 130 cm³/mol. The van der Waals surface area contributed by atoms with Crippen molar-refractivity contribution in [3.05, 3.63) is 78.1 Å². The van der Waals surface area contributed by atoms with Gasteiger partial charge >= 0.3 is 0 Å². The van der Waals surface area contributed by atoms with E-state index >= 15 is 0 Å². The summed E-state index contributed by atoms with van der Waals surface area (Å²) in [5, 5.41) is 8.18. The average molecular weight is 446 g/mol. The van der Waals surface area contributed by atoms with Crippen LogP contribution in [0.2, 0.25) is 0 Å². The lowest BCUT2D eigenvalue weighted by atomic mass is 10.1. The van der Waals surface area contributed by atoms with Gasteiger partial charge in [-0.25, -0.2) is 4.98 Å². The van der Waals surface area contributed by atoms with E-state index in [-0.39, 0.29) is 5.91 Å². The third-order valence-electron chi connectivity index (χ3n) is 5.10. The SMILES string of the molecule is Cc1cc(C)n(CCCNC(=O)CSc2nc(-c3ccccc3)c(-c3ccccc3)[nH]2)n1. The van der Waals surface area contributed by atoms with Gasteiger partial charge < -0.3 is 10.3 Å². The van der Waals surface area contributed by atoms with Crippen LogP contribution in [-0.4, -0.2) is 38.0 Å². The molecule has 0 saturated carbocycles. The number of nitrogens with one attached hydrogen (secondary N) is 2. The first kappa shape index (κ1) is 21.9. The van der Waals surface area contributed by atoms with Crippen molar-refractivity contribution < 1.29 is 4.79 Å². The molecule has 4 rings (SSSR count). The van der Waals surface area contributed by atoms with Crippen LogP contribution in [0.1, 0.15) is 17.8 Å². The van der Waals surface area contributed by atoms with Gasteiger partial charge in [-0.3, -0.25) is 9.48 Å². The van der Waals surface area contributed by atoms with Crippen molar-refractivity contribution >= 4 is 17.7 Å². The van der Waals surface area contributed by atoms with Gasteiger partial charge in [-0.1, -0.05) is 72.4 Å². The first-order valence-electron chi connectivity index (χ1n) is 10.7. The number of thioether (sulfide) groups is 1. The van der Waals surface area contributed by atoms with Crippen molar-refractivity contribution in [3.63, 3.8) is 0 Å². The Bertz CT molecular complexity index is 1110. The van der Waals surface area contributed by atoms with Crippen molar-refractivity contribution in [3.8, 4) is 22.5 Å². The molecule has 0 fully saturated rings. The maximum atomic E-state index is 12.3. The minimum Gasteiger partial charge on any atom is -0.355 e. The van der Waals surface area contributed by atoms with Crippen LogP contribution in [0.4, 0.5) is 0 Å². The molecule has 4 aromatic rings. The summed E-state index contributed by atoms with van der Waals surface area (Å²) >= 11 is 1.42. The number of carbonyl (C=O) groups is 1. The fourth-order valence-electron chi connectivity index (χ4n) is 3.58. The Morgan fingerprint density at radius 1 is 1.03 bits per heavy atom. The smallest absolute Gasteiger partial charge is 0.230 e. The molecule has 32 heavy (non-hydrogen) atoms. The molecule has 0 bridgehead atoms. The van der Waals surface area contributed by atoms with Gasteiger partial charge in [0.1, 0.15) is 0 Å². The molecule has 2 aromatic heterocycles. The number of nitrogens with zero attached hydrogens (tertiary/aromatic N) is 3. The second-order valence-electron chi connectivity index (χ2n) is 7.64. The molecular formula is C25H27N5OS. The van der Waals surface area contributed by atoms with E-state index in [9.17, 15) is 4.79 Å². The Balaban J connectivity index is 1.35. The lowest BCUT2D eigenvalue weighted by molar-refractivity contribution is -0.118. The Hall–Kier alpha value is -3.32. The van der Waals surface area contributed by atoms with Crippen LogP contribution in [0.3, 0.4) is 0 Å². The Morgan fingerprint density at radius 2 is 1.72 bits per heavy atom. The Labute approximate surface area is 192 Å². The van der Waals surface area contributed by atoms with E-state index in [0.717, 1.165) is 52.0 Å². The first-order valence-corrected chi connectivity index (χ1v) is 11.7. The van der Waals surface area contributed by atoms with Gasteiger partial charge in [0.2, 0.25) is 5.91 Å². The topological polar surface area (TPSA) is 75.6 Å². The second-order valence-corrected chi connectivity index (χ2v) is 8.60. The summed E-state index contributed by atoms with van der Waals surface area (Å²) in [6, 6.07) is 22.3. The molecule has 7 heteroatoms. The van der Waals surface area contributed by atoms with Crippen molar-refractivity contribution in [2.45, 2.75) is 32.0 Å². The molecule has 0 aliphatic carbocycles. The standard InChI is InChI=1S/C25H27N5OS/c1-18-16-19(2)30(29-18)15-9-14-26-22(31)17-32-25-27-23(20-10-5-3-6-11-20)24(28-25)21-12-7-4-8-13-21/h3-8,10-13,16H,9,14-15,17H2,1-2H3,(H,26,31)(H,27,28). The number of carbonyl (C=O) groups excluding carboxylic acids is 1. The van der Waals surface area contributed by atoms with E-state index in [4.69, 9.17) is 4.98 Å². The normalized spacial score (nSPS) is 10.9. The summed E-state index contributed by atoms with van der Waals surface area (Å²) in [7, 11) is 0. The molecule has 0 radical (unpaired) electrons. The van der Waals surface area contributed by atoms with Crippen LogP contribution in [0, 0.1) is 13.8 Å². The number of H-pyrrole nitrogens is 1. The molecule has 2 N–H and O–H groups in total. The van der Waals surface area contributed by atoms with E-state index < -0.39 is 0 Å². The van der Waals surface area contributed by atoms with Gasteiger partial charge in [-0.2, -0.15) is 5.10 Å². The summed E-state index contributed by atoms with van der Waals surface area (Å²) in [5.74, 6) is 0.317. The fourth-order valence-corrected chi connectivity index (χ4v) is 4.28. The number of aryl methyl sites for hydroxylation is 3. The van der Waals surface area contributed by atoms with Crippen LogP contribution in [-0.2, 0) is 11.3 Å². The van der Waals surface area contributed by atoms with Gasteiger partial charge in [-0.15, -0.1) is 0 Å². The van der Waals surface area contributed by atoms with E-state index in [0.29, 0.717) is 12.3 Å². The van der Waals surface area contributed by atoms with E-state index in [1.165, 1.54) is 11.8 Å². The van der Waals surface area contributed by atoms with Crippen LogP contribution >= 0.6 is 11.8 Å². The van der Waals surface area contributed by atoms with Gasteiger partial charge in [0, 0.05) is 29.9 Å². The molecule has 6 nitrogen and oxygen atoms in total. The zero-order valence-corrected chi connectivity index (χ0v) is 19.2. The maximum absolute atomic E-state index is 12.3. The van der Waals surface area contributed by atoms with Crippen LogP contribution in [0.5, 0.6) is 0 Å². The quantitative estimate of drug-likeness (QED) is 0.285. The van der Waals surface area contributed by atoms with Crippen molar-refractivity contribution in [1.29, 1.82) is 0 Å². The number of rotatable bonds is 9. The van der Waals surface area contributed by atoms with Gasteiger partial charge in [0.05, 0.1) is 22.8 Å². The minimum atomic E-state index is 0.00212. The second kappa shape index (κ2) is 10.3. The number of imidazole rings is 1. The molecule has 2 aromatic carbocycles. The highest BCUT2D eigenvalue weighted by atomic mass is 32.2. The molecule has 0 saturated heterocycles. The molecule has 0 aliphatic heterocycles. The third-order valence-corrected chi connectivity index (χ3v) is 5.98. The summed E-state index contributed by atoms with van der Waals surface area (Å²) in [4.78, 5) is 20.5. The number of hydrogen-bond acceptors (Lipinski definition) is 4. The number of aromatic amines is 1. The summed E-state index contributed by atoms with van der Waals surface area (Å²) in [5.41, 5.74) is 6.13. The Kier molecular flexibility index (Phi) is 7.07. The van der Waals surface area contributed by atoms with Crippen molar-refractivity contribution in [2.75, 3.05) is 12.3 Å². The van der Waals surface area contributed by atoms with Crippen LogP contribution in [0.15, 0.2) is 71.9 Å². The zero-order chi connectivity index (χ0) is 22.3. The Morgan fingerprint density at radius 3 is 2.38 bits per heavy atom. The van der Waals surface area contributed by atoms with Crippen molar-refractivity contribution in [2.24, 2.45) is 0 Å². The number of benzene rings is 2. The molecule has 0 unspecified atom stereocenters. The highest BCUT2D eigenvalue weighted by Crippen LogP contribution is 2.32. The largest absolute Gasteiger partial charge is 0.355 e. The monoisotopic (exact) mass is 445 g/mol. The number of amides is 1. The molecule has 0 atom stereocenters.